The van der Waals surface area contributed by atoms with Crippen LogP contribution in [0.3, 0.4) is 0 Å². The molecule has 0 unspecified atom stereocenters. The second kappa shape index (κ2) is 5.25. The first-order valence-electron chi connectivity index (χ1n) is 5.85. The van der Waals surface area contributed by atoms with Gasteiger partial charge in [-0.05, 0) is 59.5 Å². The molecule has 0 radical (unpaired) electrons. The standard InChI is InChI=1S/C13H16INO2/c1-9-3-2-6-15(8-9)12-5-4-10(13(16)17)7-11(12)14/h4-5,7,9H,2-3,6,8H2,1H3,(H,16,17)/t9-/m0/s1. The number of nitrogens with zero attached hydrogens (tertiary/aromatic N) is 1. The zero-order valence-corrected chi connectivity index (χ0v) is 12.0. The predicted octanol–water partition coefficient (Wildman–Crippen LogP) is 3.23. The van der Waals surface area contributed by atoms with Crippen molar-refractivity contribution in [3.8, 4) is 0 Å². The van der Waals surface area contributed by atoms with Crippen LogP contribution in [0.4, 0.5) is 5.69 Å². The van der Waals surface area contributed by atoms with Crippen molar-refractivity contribution >= 4 is 34.2 Å². The van der Waals surface area contributed by atoms with Gasteiger partial charge in [-0.25, -0.2) is 4.79 Å². The fourth-order valence-electron chi connectivity index (χ4n) is 2.30. The van der Waals surface area contributed by atoms with E-state index in [1.165, 1.54) is 18.5 Å². The summed E-state index contributed by atoms with van der Waals surface area (Å²) in [6.07, 6.45) is 2.51. The number of carboxylic acid groups (broad SMARTS) is 1. The maximum absolute atomic E-state index is 10.9. The summed E-state index contributed by atoms with van der Waals surface area (Å²) in [7, 11) is 0. The highest BCUT2D eigenvalue weighted by atomic mass is 127. The molecule has 1 fully saturated rings. The van der Waals surface area contributed by atoms with Gasteiger partial charge in [0, 0.05) is 16.7 Å². The second-order valence-corrected chi connectivity index (χ2v) is 5.83. The normalized spacial score (nSPS) is 20.4. The Morgan fingerprint density at radius 1 is 1.53 bits per heavy atom. The van der Waals surface area contributed by atoms with Gasteiger partial charge < -0.3 is 10.0 Å². The Balaban J connectivity index is 2.23. The van der Waals surface area contributed by atoms with E-state index in [0.717, 1.165) is 22.6 Å². The molecule has 1 aromatic carbocycles. The highest BCUT2D eigenvalue weighted by Crippen LogP contribution is 2.28. The van der Waals surface area contributed by atoms with Crippen molar-refractivity contribution in [3.63, 3.8) is 0 Å². The van der Waals surface area contributed by atoms with Gasteiger partial charge in [0.1, 0.15) is 0 Å². The van der Waals surface area contributed by atoms with E-state index in [-0.39, 0.29) is 0 Å². The summed E-state index contributed by atoms with van der Waals surface area (Å²) >= 11 is 2.22. The van der Waals surface area contributed by atoms with E-state index in [1.807, 2.05) is 6.07 Å². The smallest absolute Gasteiger partial charge is 0.335 e. The maximum Gasteiger partial charge on any atom is 0.335 e. The molecule has 4 heteroatoms. The van der Waals surface area contributed by atoms with Gasteiger partial charge in [-0.2, -0.15) is 0 Å². The molecule has 0 saturated carbocycles. The van der Waals surface area contributed by atoms with Gasteiger partial charge in [-0.3, -0.25) is 0 Å². The van der Waals surface area contributed by atoms with Gasteiger partial charge in [0.2, 0.25) is 0 Å². The fourth-order valence-corrected chi connectivity index (χ4v) is 3.16. The van der Waals surface area contributed by atoms with Crippen molar-refractivity contribution < 1.29 is 9.90 Å². The zero-order valence-electron chi connectivity index (χ0n) is 9.82. The van der Waals surface area contributed by atoms with E-state index in [2.05, 4.69) is 34.4 Å². The molecule has 3 nitrogen and oxygen atoms in total. The molecule has 2 rings (SSSR count). The first-order chi connectivity index (χ1) is 8.08. The molecule has 1 aromatic rings. The quantitative estimate of drug-likeness (QED) is 0.837. The van der Waals surface area contributed by atoms with Crippen molar-refractivity contribution in [3.05, 3.63) is 27.3 Å². The number of benzene rings is 1. The Bertz CT molecular complexity index is 433. The molecule has 1 atom stereocenters. The number of piperidine rings is 1. The number of aromatic carboxylic acids is 1. The molecule has 0 amide bonds. The number of anilines is 1. The third kappa shape index (κ3) is 2.91. The monoisotopic (exact) mass is 345 g/mol. The largest absolute Gasteiger partial charge is 0.478 e. The van der Waals surface area contributed by atoms with Gasteiger partial charge in [0.05, 0.1) is 11.3 Å². The number of hydrogen-bond donors (Lipinski definition) is 1. The van der Waals surface area contributed by atoms with Crippen LogP contribution in [0.25, 0.3) is 0 Å². The van der Waals surface area contributed by atoms with Crippen LogP contribution in [0.15, 0.2) is 18.2 Å². The molecule has 1 aliphatic rings. The fraction of sp³-hybridized carbons (Fsp3) is 0.462. The Hall–Kier alpha value is -0.780. The van der Waals surface area contributed by atoms with E-state index >= 15 is 0 Å². The van der Waals surface area contributed by atoms with Crippen molar-refractivity contribution in [2.45, 2.75) is 19.8 Å². The number of carbonyl (C=O) groups is 1. The van der Waals surface area contributed by atoms with Crippen LogP contribution in [0.1, 0.15) is 30.1 Å². The van der Waals surface area contributed by atoms with E-state index < -0.39 is 5.97 Å². The van der Waals surface area contributed by atoms with Gasteiger partial charge >= 0.3 is 5.97 Å². The molecule has 0 spiro atoms. The molecule has 1 aliphatic heterocycles. The predicted molar refractivity (Wildman–Crippen MR) is 76.7 cm³/mol. The lowest BCUT2D eigenvalue weighted by Gasteiger charge is -2.33. The van der Waals surface area contributed by atoms with Gasteiger partial charge in [-0.15, -0.1) is 0 Å². The van der Waals surface area contributed by atoms with E-state index in [1.54, 1.807) is 12.1 Å². The van der Waals surface area contributed by atoms with Crippen molar-refractivity contribution in [2.75, 3.05) is 18.0 Å². The third-order valence-corrected chi connectivity index (χ3v) is 4.06. The van der Waals surface area contributed by atoms with E-state index in [4.69, 9.17) is 5.11 Å². The minimum Gasteiger partial charge on any atom is -0.478 e. The minimum atomic E-state index is -0.860. The zero-order chi connectivity index (χ0) is 12.4. The maximum atomic E-state index is 10.9. The van der Waals surface area contributed by atoms with E-state index in [9.17, 15) is 4.79 Å². The first kappa shape index (κ1) is 12.7. The van der Waals surface area contributed by atoms with Crippen LogP contribution in [0, 0.1) is 9.49 Å². The summed E-state index contributed by atoms with van der Waals surface area (Å²) < 4.78 is 1.02. The number of hydrogen-bond acceptors (Lipinski definition) is 2. The highest BCUT2D eigenvalue weighted by Gasteiger charge is 2.18. The van der Waals surface area contributed by atoms with Crippen LogP contribution < -0.4 is 4.90 Å². The van der Waals surface area contributed by atoms with Crippen molar-refractivity contribution in [1.29, 1.82) is 0 Å². The van der Waals surface area contributed by atoms with Crippen molar-refractivity contribution in [1.82, 2.24) is 0 Å². The lowest BCUT2D eigenvalue weighted by atomic mass is 9.99. The van der Waals surface area contributed by atoms with Crippen molar-refractivity contribution in [2.24, 2.45) is 5.92 Å². The molecule has 17 heavy (non-hydrogen) atoms. The number of carboxylic acids is 1. The molecular formula is C13H16INO2. The molecule has 0 bridgehead atoms. The molecular weight excluding hydrogens is 329 g/mol. The summed E-state index contributed by atoms with van der Waals surface area (Å²) in [5, 5.41) is 8.94. The highest BCUT2D eigenvalue weighted by molar-refractivity contribution is 14.1. The third-order valence-electron chi connectivity index (χ3n) is 3.19. The molecule has 1 N–H and O–H groups in total. The van der Waals surface area contributed by atoms with Crippen LogP contribution in [0.5, 0.6) is 0 Å². The lowest BCUT2D eigenvalue weighted by molar-refractivity contribution is 0.0697. The van der Waals surface area contributed by atoms with Gasteiger partial charge in [0.15, 0.2) is 0 Å². The molecule has 92 valence electrons. The Kier molecular flexibility index (Phi) is 3.91. The summed E-state index contributed by atoms with van der Waals surface area (Å²) in [5.41, 5.74) is 1.53. The minimum absolute atomic E-state index is 0.364. The molecule has 0 aromatic heterocycles. The average Bonchev–Trinajstić information content (AvgIpc) is 2.28. The summed E-state index contributed by atoms with van der Waals surface area (Å²) in [6.45, 7) is 4.42. The van der Waals surface area contributed by atoms with Gasteiger partial charge in [0.25, 0.3) is 0 Å². The first-order valence-corrected chi connectivity index (χ1v) is 6.93. The summed E-state index contributed by atoms with van der Waals surface area (Å²) in [4.78, 5) is 13.2. The second-order valence-electron chi connectivity index (χ2n) is 4.66. The Morgan fingerprint density at radius 3 is 2.88 bits per heavy atom. The summed E-state index contributed by atoms with van der Waals surface area (Å²) in [5.74, 6) is -0.139. The molecule has 1 saturated heterocycles. The van der Waals surface area contributed by atoms with Gasteiger partial charge in [-0.1, -0.05) is 6.92 Å². The summed E-state index contributed by atoms with van der Waals surface area (Å²) in [6, 6.07) is 5.37. The Labute approximate surface area is 115 Å². The van der Waals surface area contributed by atoms with Crippen LogP contribution in [-0.4, -0.2) is 24.2 Å². The molecule has 0 aliphatic carbocycles. The Morgan fingerprint density at radius 2 is 2.29 bits per heavy atom. The topological polar surface area (TPSA) is 40.5 Å². The van der Waals surface area contributed by atoms with Crippen LogP contribution in [0.2, 0.25) is 0 Å². The molecule has 1 heterocycles. The van der Waals surface area contributed by atoms with Crippen LogP contribution in [-0.2, 0) is 0 Å². The lowest BCUT2D eigenvalue weighted by Crippen LogP contribution is -2.34. The SMILES string of the molecule is C[C@H]1CCCN(c2ccc(C(=O)O)cc2I)C1. The average molecular weight is 345 g/mol. The number of halogens is 1. The number of rotatable bonds is 2. The van der Waals surface area contributed by atoms with E-state index in [0.29, 0.717) is 5.56 Å². The van der Waals surface area contributed by atoms with Crippen LogP contribution >= 0.6 is 22.6 Å².